The summed E-state index contributed by atoms with van der Waals surface area (Å²) in [5, 5.41) is 13.1. The minimum absolute atomic E-state index is 0.136. The molecule has 0 radical (unpaired) electrons. The molecule has 10 nitrogen and oxygen atoms in total. The van der Waals surface area contributed by atoms with E-state index in [2.05, 4.69) is 0 Å². The maximum atomic E-state index is 14.4. The summed E-state index contributed by atoms with van der Waals surface area (Å²) in [6, 6.07) is 26.8. The van der Waals surface area contributed by atoms with Gasteiger partial charge >= 0.3 is 0 Å². The van der Waals surface area contributed by atoms with Crippen LogP contribution in [0.5, 0.6) is 5.75 Å². The molecule has 44 heavy (non-hydrogen) atoms. The number of benzene rings is 4. The molecule has 1 heterocycles. The minimum Gasteiger partial charge on any atom is -0.497 e. The molecular formula is C34H25N3O7. The van der Waals surface area contributed by atoms with E-state index in [0.29, 0.717) is 5.75 Å². The molecule has 0 aromatic heterocycles. The fourth-order valence-corrected chi connectivity index (χ4v) is 7.06. The number of hydrazine groups is 1. The number of imide groups is 1. The van der Waals surface area contributed by atoms with Crippen LogP contribution < -0.4 is 4.74 Å². The molecule has 0 unspecified atom stereocenters. The monoisotopic (exact) mass is 587 g/mol. The Kier molecular flexibility index (Phi) is 6.35. The number of non-ortho nitro benzene ring substituents is 1. The fraction of sp³-hybridized carbons (Fsp3) is 0.176. The average molecular weight is 588 g/mol. The van der Waals surface area contributed by atoms with Crippen LogP contribution in [0.15, 0.2) is 97.1 Å². The predicted molar refractivity (Wildman–Crippen MR) is 157 cm³/mol. The number of carbonyl (C=O) groups excluding carboxylic acids is 4. The van der Waals surface area contributed by atoms with Crippen molar-refractivity contribution in [3.63, 3.8) is 0 Å². The molecule has 10 heteroatoms. The van der Waals surface area contributed by atoms with Gasteiger partial charge in [-0.05, 0) is 40.5 Å². The van der Waals surface area contributed by atoms with Crippen molar-refractivity contribution in [1.82, 2.24) is 10.0 Å². The van der Waals surface area contributed by atoms with Crippen LogP contribution in [0, 0.1) is 22.0 Å². The zero-order valence-corrected chi connectivity index (χ0v) is 23.5. The maximum Gasteiger partial charge on any atom is 0.273 e. The summed E-state index contributed by atoms with van der Waals surface area (Å²) in [5.41, 5.74) is 3.58. The lowest BCUT2D eigenvalue weighted by atomic mass is 9.55. The number of hydrogen-bond acceptors (Lipinski definition) is 7. The second kappa shape index (κ2) is 10.3. The van der Waals surface area contributed by atoms with E-state index in [-0.39, 0.29) is 16.8 Å². The van der Waals surface area contributed by atoms with E-state index in [0.717, 1.165) is 38.3 Å². The van der Waals surface area contributed by atoms with Crippen molar-refractivity contribution < 1.29 is 28.8 Å². The van der Waals surface area contributed by atoms with Gasteiger partial charge in [0.25, 0.3) is 23.4 Å². The molecule has 0 saturated carbocycles. The number of rotatable bonds is 7. The highest BCUT2D eigenvalue weighted by Gasteiger charge is 2.63. The van der Waals surface area contributed by atoms with Crippen LogP contribution in [0.25, 0.3) is 0 Å². The third-order valence-corrected chi connectivity index (χ3v) is 8.89. The predicted octanol–water partition coefficient (Wildman–Crippen LogP) is 4.74. The third-order valence-electron chi connectivity index (χ3n) is 8.89. The Morgan fingerprint density at radius 3 is 1.82 bits per heavy atom. The number of ketones is 1. The maximum absolute atomic E-state index is 14.4. The molecule has 2 atom stereocenters. The van der Waals surface area contributed by atoms with Crippen molar-refractivity contribution in [3.05, 3.63) is 141 Å². The van der Waals surface area contributed by atoms with Gasteiger partial charge in [0, 0.05) is 35.1 Å². The topological polar surface area (TPSA) is 127 Å². The summed E-state index contributed by atoms with van der Waals surface area (Å²) in [5.74, 6) is -4.59. The highest BCUT2D eigenvalue weighted by molar-refractivity contribution is 6.11. The molecule has 3 amide bonds. The lowest BCUT2D eigenvalue weighted by Gasteiger charge is -2.45. The van der Waals surface area contributed by atoms with Crippen LogP contribution in [0.4, 0.5) is 5.69 Å². The minimum atomic E-state index is -0.882. The normalized spacial score (nSPS) is 20.9. The molecule has 218 valence electrons. The molecule has 4 aromatic carbocycles. The first-order valence-electron chi connectivity index (χ1n) is 14.1. The number of nitro benzene ring substituents is 1. The third kappa shape index (κ3) is 4.02. The summed E-state index contributed by atoms with van der Waals surface area (Å²) in [4.78, 5) is 67.4. The van der Waals surface area contributed by atoms with Gasteiger partial charge in [0.2, 0.25) is 0 Å². The molecule has 4 aromatic rings. The molecular weight excluding hydrogens is 562 g/mol. The van der Waals surface area contributed by atoms with E-state index in [1.807, 2.05) is 48.5 Å². The van der Waals surface area contributed by atoms with Gasteiger partial charge in [0.15, 0.2) is 5.78 Å². The Hall–Kier alpha value is -5.64. The van der Waals surface area contributed by atoms with Crippen molar-refractivity contribution in [2.75, 3.05) is 13.7 Å². The second-order valence-electron chi connectivity index (χ2n) is 11.1. The molecule has 1 saturated heterocycles. The summed E-state index contributed by atoms with van der Waals surface area (Å²) in [6.45, 7) is -0.652. The van der Waals surface area contributed by atoms with E-state index in [4.69, 9.17) is 4.74 Å². The second-order valence-corrected chi connectivity index (χ2v) is 11.1. The first kappa shape index (κ1) is 27.2. The van der Waals surface area contributed by atoms with Gasteiger partial charge in [0.05, 0.1) is 23.9 Å². The molecule has 3 aliphatic carbocycles. The van der Waals surface area contributed by atoms with Crippen molar-refractivity contribution in [3.8, 4) is 5.75 Å². The van der Waals surface area contributed by atoms with E-state index in [1.54, 1.807) is 18.2 Å². The number of amides is 3. The Morgan fingerprint density at radius 1 is 0.773 bits per heavy atom. The van der Waals surface area contributed by atoms with Crippen LogP contribution >= 0.6 is 0 Å². The number of methoxy groups -OCH3 is 1. The number of hydrogen-bond donors (Lipinski definition) is 0. The Bertz CT molecular complexity index is 1790. The highest BCUT2D eigenvalue weighted by atomic mass is 16.6. The number of nitrogens with zero attached hydrogens (tertiary/aromatic N) is 3. The summed E-state index contributed by atoms with van der Waals surface area (Å²) in [7, 11) is 1.45. The Morgan fingerprint density at radius 2 is 1.30 bits per heavy atom. The van der Waals surface area contributed by atoms with Crippen molar-refractivity contribution in [1.29, 1.82) is 0 Å². The van der Waals surface area contributed by atoms with E-state index in [1.165, 1.54) is 31.4 Å². The first-order valence-corrected chi connectivity index (χ1v) is 14.1. The molecule has 0 spiro atoms. The van der Waals surface area contributed by atoms with Gasteiger partial charge in [-0.15, -0.1) is 0 Å². The zero-order valence-electron chi connectivity index (χ0n) is 23.5. The van der Waals surface area contributed by atoms with Gasteiger partial charge in [0.1, 0.15) is 12.3 Å². The number of ether oxygens (including phenoxy) is 1. The van der Waals surface area contributed by atoms with E-state index in [9.17, 15) is 29.3 Å². The van der Waals surface area contributed by atoms with E-state index >= 15 is 0 Å². The van der Waals surface area contributed by atoms with Gasteiger partial charge in [-0.2, -0.15) is 5.01 Å². The lowest BCUT2D eigenvalue weighted by Crippen LogP contribution is -2.52. The lowest BCUT2D eigenvalue weighted by molar-refractivity contribution is -0.384. The molecule has 8 rings (SSSR count). The van der Waals surface area contributed by atoms with Gasteiger partial charge in [-0.25, -0.2) is 5.01 Å². The molecule has 1 fully saturated rings. The number of carbonyl (C=O) groups is 4. The van der Waals surface area contributed by atoms with Gasteiger partial charge in [-0.1, -0.05) is 66.7 Å². The highest BCUT2D eigenvalue weighted by Crippen LogP contribution is 2.61. The Balaban J connectivity index is 1.33. The van der Waals surface area contributed by atoms with Crippen LogP contribution in [0.1, 0.15) is 54.8 Å². The summed E-state index contributed by atoms with van der Waals surface area (Å²) in [6.07, 6.45) is 0. The van der Waals surface area contributed by atoms with Crippen LogP contribution in [-0.4, -0.2) is 52.1 Å². The van der Waals surface area contributed by atoms with Crippen molar-refractivity contribution >= 4 is 29.2 Å². The largest absolute Gasteiger partial charge is 0.497 e. The van der Waals surface area contributed by atoms with Gasteiger partial charge < -0.3 is 4.74 Å². The molecule has 2 bridgehead atoms. The quantitative estimate of drug-likeness (QED) is 0.132. The van der Waals surface area contributed by atoms with Gasteiger partial charge in [-0.3, -0.25) is 29.3 Å². The van der Waals surface area contributed by atoms with Crippen molar-refractivity contribution in [2.24, 2.45) is 11.8 Å². The number of Topliss-reactive ketones (excluding diaryl/α,β-unsaturated/α-hetero) is 1. The average Bonchev–Trinajstić information content (AvgIpc) is 3.32. The first-order chi connectivity index (χ1) is 21.3. The molecule has 1 aliphatic heterocycles. The Labute approximate surface area is 251 Å². The molecule has 0 N–H and O–H groups in total. The summed E-state index contributed by atoms with van der Waals surface area (Å²) < 4.78 is 5.24. The van der Waals surface area contributed by atoms with E-state index < -0.39 is 58.6 Å². The van der Waals surface area contributed by atoms with Crippen LogP contribution in [0.3, 0.4) is 0 Å². The van der Waals surface area contributed by atoms with Crippen molar-refractivity contribution in [2.45, 2.75) is 11.8 Å². The number of nitro groups is 1. The summed E-state index contributed by atoms with van der Waals surface area (Å²) >= 11 is 0. The van der Waals surface area contributed by atoms with Crippen LogP contribution in [0.2, 0.25) is 0 Å². The standard InChI is InChI=1S/C34H25N3O7/c1-44-22-11-7-8-19(17-22)27(38)18-35(32(39)20-9-6-10-21(16-20)37(42)43)36-33(40)30-28-23-12-2-3-13-24(23)29(31(30)34(36)41)26-15-5-4-14-25(26)28/h2-17,28-31H,18H2,1H3/t28?,29?,30-,31-/m0/s1. The zero-order chi connectivity index (χ0) is 30.7. The smallest absolute Gasteiger partial charge is 0.273 e. The SMILES string of the molecule is COc1cccc(C(=O)CN(C(=O)c2cccc([N+](=O)[O-])c2)N2C(=O)[C@H]3C4c5ccccc5C(c5ccccc54)[C@@H]3C2=O)c1. The van der Waals surface area contributed by atoms with Crippen LogP contribution in [-0.2, 0) is 9.59 Å². The fourth-order valence-electron chi connectivity index (χ4n) is 7.06. The molecule has 4 aliphatic rings.